The summed E-state index contributed by atoms with van der Waals surface area (Å²) in [5.74, 6) is -1.19. The summed E-state index contributed by atoms with van der Waals surface area (Å²) in [6.45, 7) is 7.03. The largest absolute Gasteiger partial charge is 0.366 e. The van der Waals surface area contributed by atoms with E-state index in [1.54, 1.807) is 19.9 Å². The van der Waals surface area contributed by atoms with E-state index in [9.17, 15) is 9.90 Å². The van der Waals surface area contributed by atoms with Crippen LogP contribution in [-0.2, 0) is 14.3 Å². The molecule has 0 aromatic carbocycles. The molecule has 4 nitrogen and oxygen atoms in total. The molecule has 15 heavy (non-hydrogen) atoms. The SMILES string of the molecule is C=CC[C@@]1(C=O)C[C@@H](OC(C)(C)O)CO1. The van der Waals surface area contributed by atoms with Gasteiger partial charge in [0.2, 0.25) is 0 Å². The summed E-state index contributed by atoms with van der Waals surface area (Å²) >= 11 is 0. The Hall–Kier alpha value is -0.710. The van der Waals surface area contributed by atoms with Gasteiger partial charge in [0.25, 0.3) is 0 Å². The quantitative estimate of drug-likeness (QED) is 0.422. The summed E-state index contributed by atoms with van der Waals surface area (Å²) in [7, 11) is 0. The van der Waals surface area contributed by atoms with Crippen molar-refractivity contribution in [1.29, 1.82) is 0 Å². The molecule has 1 rings (SSSR count). The molecule has 4 heteroatoms. The average molecular weight is 214 g/mol. The highest BCUT2D eigenvalue weighted by atomic mass is 16.6. The van der Waals surface area contributed by atoms with Crippen LogP contribution >= 0.6 is 0 Å². The van der Waals surface area contributed by atoms with Crippen molar-refractivity contribution in [3.8, 4) is 0 Å². The first kappa shape index (κ1) is 12.4. The predicted molar refractivity (Wildman–Crippen MR) is 55.3 cm³/mol. The van der Waals surface area contributed by atoms with Gasteiger partial charge in [0.05, 0.1) is 12.7 Å². The third-order valence-electron chi connectivity index (χ3n) is 2.29. The van der Waals surface area contributed by atoms with Crippen molar-refractivity contribution in [2.45, 2.75) is 44.2 Å². The first-order valence-corrected chi connectivity index (χ1v) is 5.02. The molecule has 0 spiro atoms. The van der Waals surface area contributed by atoms with Gasteiger partial charge in [-0.05, 0) is 13.8 Å². The molecule has 0 aliphatic carbocycles. The van der Waals surface area contributed by atoms with Crippen LogP contribution in [0.4, 0.5) is 0 Å². The number of ether oxygens (including phenoxy) is 2. The lowest BCUT2D eigenvalue weighted by Gasteiger charge is -2.23. The highest BCUT2D eigenvalue weighted by Gasteiger charge is 2.41. The maximum Gasteiger partial charge on any atom is 0.160 e. The zero-order chi connectivity index (χ0) is 11.5. The molecule has 0 amide bonds. The summed E-state index contributed by atoms with van der Waals surface area (Å²) in [6.07, 6.45) is 3.15. The zero-order valence-corrected chi connectivity index (χ0v) is 9.23. The van der Waals surface area contributed by atoms with Crippen molar-refractivity contribution in [3.63, 3.8) is 0 Å². The lowest BCUT2D eigenvalue weighted by atomic mass is 9.97. The number of aldehydes is 1. The van der Waals surface area contributed by atoms with Crippen molar-refractivity contribution in [1.82, 2.24) is 0 Å². The van der Waals surface area contributed by atoms with Gasteiger partial charge in [0, 0.05) is 12.8 Å². The van der Waals surface area contributed by atoms with Gasteiger partial charge in [0.15, 0.2) is 12.1 Å². The monoisotopic (exact) mass is 214 g/mol. The fourth-order valence-corrected chi connectivity index (χ4v) is 1.76. The second-order valence-electron chi connectivity index (χ2n) is 4.38. The molecule has 2 atom stereocenters. The molecule has 0 unspecified atom stereocenters. The van der Waals surface area contributed by atoms with Crippen LogP contribution in [-0.4, -0.2) is 35.5 Å². The van der Waals surface area contributed by atoms with Crippen LogP contribution < -0.4 is 0 Å². The van der Waals surface area contributed by atoms with Crippen molar-refractivity contribution < 1.29 is 19.4 Å². The Morgan fingerprint density at radius 1 is 1.73 bits per heavy atom. The predicted octanol–water partition coefficient (Wildman–Crippen LogP) is 1.03. The van der Waals surface area contributed by atoms with E-state index in [-0.39, 0.29) is 6.10 Å². The van der Waals surface area contributed by atoms with Gasteiger partial charge in [-0.25, -0.2) is 0 Å². The van der Waals surface area contributed by atoms with E-state index in [0.717, 1.165) is 6.29 Å². The third-order valence-corrected chi connectivity index (χ3v) is 2.29. The second-order valence-corrected chi connectivity index (χ2v) is 4.38. The van der Waals surface area contributed by atoms with Crippen LogP contribution in [0.3, 0.4) is 0 Å². The molecule has 1 fully saturated rings. The molecule has 1 aliphatic rings. The van der Waals surface area contributed by atoms with E-state index < -0.39 is 11.4 Å². The van der Waals surface area contributed by atoms with Crippen molar-refractivity contribution in [2.75, 3.05) is 6.61 Å². The number of hydrogen-bond acceptors (Lipinski definition) is 4. The first-order valence-electron chi connectivity index (χ1n) is 5.02. The average Bonchev–Trinajstić information content (AvgIpc) is 2.47. The molecular formula is C11H18O4. The van der Waals surface area contributed by atoms with Gasteiger partial charge in [-0.3, -0.25) is 0 Å². The van der Waals surface area contributed by atoms with Crippen LogP contribution in [0.5, 0.6) is 0 Å². The normalized spacial score (nSPS) is 31.5. The molecule has 1 saturated heterocycles. The van der Waals surface area contributed by atoms with Gasteiger partial charge in [0.1, 0.15) is 5.60 Å². The number of aliphatic hydroxyl groups is 1. The molecule has 0 radical (unpaired) electrons. The Labute approximate surface area is 89.9 Å². The van der Waals surface area contributed by atoms with Crippen LogP contribution in [0.25, 0.3) is 0 Å². The van der Waals surface area contributed by atoms with E-state index in [1.807, 2.05) is 0 Å². The topological polar surface area (TPSA) is 55.8 Å². The smallest absolute Gasteiger partial charge is 0.160 e. The van der Waals surface area contributed by atoms with Crippen molar-refractivity contribution in [3.05, 3.63) is 12.7 Å². The van der Waals surface area contributed by atoms with Crippen molar-refractivity contribution >= 4 is 6.29 Å². The molecular weight excluding hydrogens is 196 g/mol. The van der Waals surface area contributed by atoms with E-state index >= 15 is 0 Å². The van der Waals surface area contributed by atoms with Crippen LogP contribution in [0.1, 0.15) is 26.7 Å². The number of carbonyl (C=O) groups is 1. The van der Waals surface area contributed by atoms with E-state index in [0.29, 0.717) is 19.4 Å². The van der Waals surface area contributed by atoms with Gasteiger partial charge in [-0.15, -0.1) is 6.58 Å². The Bertz CT molecular complexity index is 243. The van der Waals surface area contributed by atoms with Gasteiger partial charge in [-0.1, -0.05) is 6.08 Å². The van der Waals surface area contributed by atoms with Crippen LogP contribution in [0.15, 0.2) is 12.7 Å². The number of hydrogen-bond donors (Lipinski definition) is 1. The van der Waals surface area contributed by atoms with E-state index in [1.165, 1.54) is 0 Å². The lowest BCUT2D eigenvalue weighted by molar-refractivity contribution is -0.204. The number of carbonyl (C=O) groups excluding carboxylic acids is 1. The molecule has 0 saturated carbocycles. The van der Waals surface area contributed by atoms with Crippen molar-refractivity contribution in [2.24, 2.45) is 0 Å². The van der Waals surface area contributed by atoms with Crippen LogP contribution in [0.2, 0.25) is 0 Å². The summed E-state index contributed by atoms with van der Waals surface area (Å²) in [4.78, 5) is 10.9. The minimum atomic E-state index is -1.19. The molecule has 1 heterocycles. The minimum absolute atomic E-state index is 0.241. The molecule has 1 N–H and O–H groups in total. The fraction of sp³-hybridized carbons (Fsp3) is 0.727. The molecule has 1 aliphatic heterocycles. The second kappa shape index (κ2) is 4.43. The summed E-state index contributed by atoms with van der Waals surface area (Å²) in [5.41, 5.74) is -0.808. The molecule has 0 bridgehead atoms. The summed E-state index contributed by atoms with van der Waals surface area (Å²) in [5, 5.41) is 9.46. The lowest BCUT2D eigenvalue weighted by Crippen LogP contribution is -2.33. The Morgan fingerprint density at radius 3 is 2.87 bits per heavy atom. The first-order chi connectivity index (χ1) is 6.91. The fourth-order valence-electron chi connectivity index (χ4n) is 1.76. The van der Waals surface area contributed by atoms with Gasteiger partial charge < -0.3 is 19.4 Å². The maximum absolute atomic E-state index is 10.9. The zero-order valence-electron chi connectivity index (χ0n) is 9.23. The minimum Gasteiger partial charge on any atom is -0.366 e. The van der Waals surface area contributed by atoms with Gasteiger partial charge >= 0.3 is 0 Å². The molecule has 86 valence electrons. The molecule has 0 aromatic heterocycles. The molecule has 0 aromatic rings. The Morgan fingerprint density at radius 2 is 2.40 bits per heavy atom. The Kier molecular flexibility index (Phi) is 3.65. The summed E-state index contributed by atoms with van der Waals surface area (Å²) < 4.78 is 10.8. The Balaban J connectivity index is 2.56. The van der Waals surface area contributed by atoms with E-state index in [2.05, 4.69) is 6.58 Å². The highest BCUT2D eigenvalue weighted by molar-refractivity contribution is 5.63. The van der Waals surface area contributed by atoms with Crippen LogP contribution in [0, 0.1) is 0 Å². The summed E-state index contributed by atoms with van der Waals surface area (Å²) in [6, 6.07) is 0. The number of rotatable bonds is 5. The highest BCUT2D eigenvalue weighted by Crippen LogP contribution is 2.31. The van der Waals surface area contributed by atoms with Gasteiger partial charge in [-0.2, -0.15) is 0 Å². The standard InChI is InChI=1S/C11H18O4/c1-4-5-11(8-12)6-9(7-14-11)15-10(2,3)13/h4,8-9,13H,1,5-7H2,2-3H3/t9-,11+/m1/s1. The third kappa shape index (κ3) is 3.41. The van der Waals surface area contributed by atoms with E-state index in [4.69, 9.17) is 9.47 Å². The maximum atomic E-state index is 10.9.